The van der Waals surface area contributed by atoms with Crippen LogP contribution in [0, 0.1) is 13.8 Å². The third kappa shape index (κ3) is 3.64. The molecule has 0 fully saturated rings. The number of benzene rings is 1. The minimum absolute atomic E-state index is 0.0187. The van der Waals surface area contributed by atoms with Crippen LogP contribution in [-0.4, -0.2) is 31.6 Å². The molecule has 0 saturated heterocycles. The first kappa shape index (κ1) is 15.6. The lowest BCUT2D eigenvalue weighted by Gasteiger charge is -2.11. The molecule has 5 nitrogen and oxygen atoms in total. The van der Waals surface area contributed by atoms with Crippen molar-refractivity contribution in [3.05, 3.63) is 35.2 Å². The molecule has 21 heavy (non-hydrogen) atoms. The second-order valence-corrected chi connectivity index (χ2v) is 5.88. The maximum Gasteiger partial charge on any atom is 0.313 e. The van der Waals surface area contributed by atoms with Gasteiger partial charge in [0.15, 0.2) is 5.16 Å². The van der Waals surface area contributed by atoms with Gasteiger partial charge < -0.3 is 5.11 Å². The minimum atomic E-state index is -0.855. The van der Waals surface area contributed by atoms with E-state index in [1.807, 2.05) is 10.6 Å². The summed E-state index contributed by atoms with van der Waals surface area (Å²) in [5.74, 6) is -0.00456. The SMILES string of the molecule is CCCc1nnc(SCC(=O)O)n1-c1ccc(C)c(C)c1. The number of aliphatic carboxylic acids is 1. The Morgan fingerprint density at radius 1 is 1.29 bits per heavy atom. The fourth-order valence-electron chi connectivity index (χ4n) is 2.03. The van der Waals surface area contributed by atoms with E-state index in [4.69, 9.17) is 5.11 Å². The predicted molar refractivity (Wildman–Crippen MR) is 83.2 cm³/mol. The number of hydrogen-bond acceptors (Lipinski definition) is 4. The second kappa shape index (κ2) is 6.76. The van der Waals surface area contributed by atoms with E-state index >= 15 is 0 Å². The molecular weight excluding hydrogens is 286 g/mol. The first-order chi connectivity index (χ1) is 10.0. The average molecular weight is 305 g/mol. The number of rotatable bonds is 6. The van der Waals surface area contributed by atoms with Gasteiger partial charge in [-0.1, -0.05) is 24.8 Å². The number of aryl methyl sites for hydroxylation is 3. The van der Waals surface area contributed by atoms with Gasteiger partial charge in [-0.2, -0.15) is 0 Å². The van der Waals surface area contributed by atoms with Crippen LogP contribution >= 0.6 is 11.8 Å². The van der Waals surface area contributed by atoms with Crippen molar-refractivity contribution in [1.29, 1.82) is 0 Å². The van der Waals surface area contributed by atoms with Crippen molar-refractivity contribution in [1.82, 2.24) is 14.8 Å². The summed E-state index contributed by atoms with van der Waals surface area (Å²) in [5, 5.41) is 17.8. The van der Waals surface area contributed by atoms with Crippen LogP contribution in [0.3, 0.4) is 0 Å². The fourth-order valence-corrected chi connectivity index (χ4v) is 2.72. The van der Waals surface area contributed by atoms with Crippen molar-refractivity contribution < 1.29 is 9.90 Å². The van der Waals surface area contributed by atoms with Crippen molar-refractivity contribution in [3.8, 4) is 5.69 Å². The molecule has 1 aromatic carbocycles. The third-order valence-corrected chi connectivity index (χ3v) is 4.16. The number of carbonyl (C=O) groups is 1. The van der Waals surface area contributed by atoms with Gasteiger partial charge in [0.05, 0.1) is 5.75 Å². The van der Waals surface area contributed by atoms with E-state index in [2.05, 4.69) is 43.1 Å². The lowest BCUT2D eigenvalue weighted by molar-refractivity contribution is -0.133. The first-order valence-corrected chi connectivity index (χ1v) is 7.88. The Labute approximate surface area is 128 Å². The van der Waals surface area contributed by atoms with E-state index in [0.29, 0.717) is 5.16 Å². The predicted octanol–water partition coefficient (Wildman–Crippen LogP) is 3.01. The summed E-state index contributed by atoms with van der Waals surface area (Å²) in [5.41, 5.74) is 3.40. The van der Waals surface area contributed by atoms with Crippen LogP contribution in [0.5, 0.6) is 0 Å². The maximum absolute atomic E-state index is 10.8. The summed E-state index contributed by atoms with van der Waals surface area (Å²) in [6.07, 6.45) is 1.78. The van der Waals surface area contributed by atoms with E-state index in [9.17, 15) is 4.79 Å². The zero-order chi connectivity index (χ0) is 15.4. The highest BCUT2D eigenvalue weighted by Crippen LogP contribution is 2.24. The number of thioether (sulfide) groups is 1. The van der Waals surface area contributed by atoms with Gasteiger partial charge in [0.2, 0.25) is 0 Å². The average Bonchev–Trinajstić information content (AvgIpc) is 2.83. The quantitative estimate of drug-likeness (QED) is 0.831. The lowest BCUT2D eigenvalue weighted by Crippen LogP contribution is -2.05. The summed E-state index contributed by atoms with van der Waals surface area (Å²) in [7, 11) is 0. The maximum atomic E-state index is 10.8. The normalized spacial score (nSPS) is 10.8. The Morgan fingerprint density at radius 3 is 2.67 bits per heavy atom. The standard InChI is InChI=1S/C15H19N3O2S/c1-4-5-13-16-17-15(21-9-14(19)20)18(13)12-7-6-10(2)11(3)8-12/h6-8H,4-5,9H2,1-3H3,(H,19,20). The molecule has 112 valence electrons. The molecule has 0 radical (unpaired) electrons. The summed E-state index contributed by atoms with van der Waals surface area (Å²) in [6, 6.07) is 6.17. The molecule has 0 atom stereocenters. The van der Waals surface area contributed by atoms with E-state index in [-0.39, 0.29) is 5.75 Å². The Balaban J connectivity index is 2.44. The number of aromatic nitrogens is 3. The smallest absolute Gasteiger partial charge is 0.313 e. The molecule has 0 aliphatic rings. The molecule has 0 bridgehead atoms. The van der Waals surface area contributed by atoms with Gasteiger partial charge in [-0.15, -0.1) is 10.2 Å². The third-order valence-electron chi connectivity index (χ3n) is 3.25. The number of nitrogens with zero attached hydrogens (tertiary/aromatic N) is 3. The first-order valence-electron chi connectivity index (χ1n) is 6.89. The molecule has 1 N–H and O–H groups in total. The highest BCUT2D eigenvalue weighted by Gasteiger charge is 2.15. The van der Waals surface area contributed by atoms with Gasteiger partial charge >= 0.3 is 5.97 Å². The topological polar surface area (TPSA) is 68.0 Å². The summed E-state index contributed by atoms with van der Waals surface area (Å²) < 4.78 is 1.96. The van der Waals surface area contributed by atoms with Crippen LogP contribution < -0.4 is 0 Å². The summed E-state index contributed by atoms with van der Waals surface area (Å²) >= 11 is 1.20. The summed E-state index contributed by atoms with van der Waals surface area (Å²) in [4.78, 5) is 10.8. The zero-order valence-electron chi connectivity index (χ0n) is 12.5. The lowest BCUT2D eigenvalue weighted by atomic mass is 10.1. The number of carboxylic acids is 1. The minimum Gasteiger partial charge on any atom is -0.481 e. The van der Waals surface area contributed by atoms with Crippen LogP contribution in [0.1, 0.15) is 30.3 Å². The van der Waals surface area contributed by atoms with E-state index < -0.39 is 5.97 Å². The zero-order valence-corrected chi connectivity index (χ0v) is 13.3. The van der Waals surface area contributed by atoms with Gasteiger partial charge in [-0.3, -0.25) is 9.36 Å². The molecule has 1 heterocycles. The monoisotopic (exact) mass is 305 g/mol. The second-order valence-electron chi connectivity index (χ2n) is 4.94. The van der Waals surface area contributed by atoms with E-state index in [0.717, 1.165) is 24.4 Å². The molecule has 2 rings (SSSR count). The van der Waals surface area contributed by atoms with Crippen molar-refractivity contribution in [2.75, 3.05) is 5.75 Å². The van der Waals surface area contributed by atoms with E-state index in [1.165, 1.54) is 22.9 Å². The molecular formula is C15H19N3O2S. The van der Waals surface area contributed by atoms with Crippen molar-refractivity contribution in [2.45, 2.75) is 38.8 Å². The Hall–Kier alpha value is -1.82. The van der Waals surface area contributed by atoms with Gasteiger partial charge in [0.1, 0.15) is 5.82 Å². The fraction of sp³-hybridized carbons (Fsp3) is 0.400. The van der Waals surface area contributed by atoms with Gasteiger partial charge in [-0.05, 0) is 43.5 Å². The van der Waals surface area contributed by atoms with Crippen LogP contribution in [0.2, 0.25) is 0 Å². The highest BCUT2D eigenvalue weighted by atomic mass is 32.2. The van der Waals surface area contributed by atoms with Crippen LogP contribution in [0.15, 0.2) is 23.4 Å². The van der Waals surface area contributed by atoms with Crippen LogP contribution in [-0.2, 0) is 11.2 Å². The van der Waals surface area contributed by atoms with Crippen molar-refractivity contribution >= 4 is 17.7 Å². The molecule has 6 heteroatoms. The Bertz CT molecular complexity index is 652. The molecule has 0 saturated carbocycles. The molecule has 1 aromatic heterocycles. The highest BCUT2D eigenvalue weighted by molar-refractivity contribution is 7.99. The molecule has 0 unspecified atom stereocenters. The Kier molecular flexibility index (Phi) is 5.01. The van der Waals surface area contributed by atoms with Crippen molar-refractivity contribution in [2.24, 2.45) is 0 Å². The van der Waals surface area contributed by atoms with Gasteiger partial charge in [-0.25, -0.2) is 0 Å². The van der Waals surface area contributed by atoms with Gasteiger partial charge in [0.25, 0.3) is 0 Å². The van der Waals surface area contributed by atoms with Gasteiger partial charge in [0, 0.05) is 12.1 Å². The van der Waals surface area contributed by atoms with Crippen molar-refractivity contribution in [3.63, 3.8) is 0 Å². The largest absolute Gasteiger partial charge is 0.481 e. The summed E-state index contributed by atoms with van der Waals surface area (Å²) in [6.45, 7) is 6.22. The van der Waals surface area contributed by atoms with Crippen LogP contribution in [0.25, 0.3) is 5.69 Å². The molecule has 2 aromatic rings. The molecule has 0 amide bonds. The Morgan fingerprint density at radius 2 is 2.05 bits per heavy atom. The molecule has 0 spiro atoms. The number of hydrogen-bond donors (Lipinski definition) is 1. The van der Waals surface area contributed by atoms with E-state index in [1.54, 1.807) is 0 Å². The molecule has 0 aliphatic heterocycles. The number of carboxylic acid groups (broad SMARTS) is 1. The molecule has 0 aliphatic carbocycles. The van der Waals surface area contributed by atoms with Crippen LogP contribution in [0.4, 0.5) is 0 Å².